The molecule has 9 heteroatoms. The van der Waals surface area contributed by atoms with Gasteiger partial charge in [0.2, 0.25) is 5.91 Å². The highest BCUT2D eigenvalue weighted by molar-refractivity contribution is 6.30. The first-order valence-corrected chi connectivity index (χ1v) is 13.1. The monoisotopic (exact) mass is 530 g/mol. The smallest absolute Gasteiger partial charge is 0.254 e. The molecule has 37 heavy (non-hydrogen) atoms. The Morgan fingerprint density at radius 2 is 1.70 bits per heavy atom. The Labute approximate surface area is 223 Å². The van der Waals surface area contributed by atoms with Gasteiger partial charge in [-0.15, -0.1) is 0 Å². The van der Waals surface area contributed by atoms with Crippen LogP contribution < -0.4 is 9.47 Å². The molecule has 2 aliphatic heterocycles. The molecule has 2 saturated heterocycles. The topological polar surface area (TPSA) is 77.5 Å². The molecule has 2 heterocycles. The Kier molecular flexibility index (Phi) is 9.29. The van der Waals surface area contributed by atoms with Gasteiger partial charge in [0.15, 0.2) is 0 Å². The summed E-state index contributed by atoms with van der Waals surface area (Å²) in [6.07, 6.45) is 0.0966. The van der Waals surface area contributed by atoms with E-state index in [9.17, 15) is 9.59 Å². The van der Waals surface area contributed by atoms with Crippen molar-refractivity contribution in [2.24, 2.45) is 5.92 Å². The molecule has 2 aromatic carbocycles. The van der Waals surface area contributed by atoms with E-state index >= 15 is 0 Å². The van der Waals surface area contributed by atoms with E-state index in [4.69, 9.17) is 30.5 Å². The number of rotatable bonds is 9. The fourth-order valence-electron chi connectivity index (χ4n) is 4.37. The van der Waals surface area contributed by atoms with Gasteiger partial charge in [0, 0.05) is 30.2 Å². The lowest BCUT2D eigenvalue weighted by Crippen LogP contribution is -2.58. The second-order valence-electron chi connectivity index (χ2n) is 9.90. The van der Waals surface area contributed by atoms with Crippen LogP contribution >= 0.6 is 11.6 Å². The summed E-state index contributed by atoms with van der Waals surface area (Å²) in [7, 11) is 0. The third kappa shape index (κ3) is 7.60. The van der Waals surface area contributed by atoms with Gasteiger partial charge in [-0.3, -0.25) is 9.59 Å². The Morgan fingerprint density at radius 1 is 0.973 bits per heavy atom. The summed E-state index contributed by atoms with van der Waals surface area (Å²) in [4.78, 5) is 30.2. The molecule has 0 saturated carbocycles. The minimum absolute atomic E-state index is 0.0426. The van der Waals surface area contributed by atoms with Gasteiger partial charge in [0.1, 0.15) is 23.7 Å². The maximum Gasteiger partial charge on any atom is 0.254 e. The minimum atomic E-state index is -0.994. The number of ether oxygens (including phenoxy) is 4. The van der Waals surface area contributed by atoms with E-state index in [1.54, 1.807) is 46.2 Å². The van der Waals surface area contributed by atoms with Gasteiger partial charge < -0.3 is 28.7 Å². The van der Waals surface area contributed by atoms with Crippen molar-refractivity contribution in [1.29, 1.82) is 0 Å². The molecule has 0 N–H and O–H groups in total. The van der Waals surface area contributed by atoms with Gasteiger partial charge in [0.05, 0.1) is 39.4 Å². The van der Waals surface area contributed by atoms with Crippen molar-refractivity contribution < 1.29 is 28.5 Å². The average molecular weight is 531 g/mol. The van der Waals surface area contributed by atoms with E-state index in [1.165, 1.54) is 0 Å². The molecule has 2 aliphatic rings. The molecule has 0 aliphatic carbocycles. The van der Waals surface area contributed by atoms with Crippen LogP contribution in [-0.2, 0) is 14.3 Å². The summed E-state index contributed by atoms with van der Waals surface area (Å²) in [6, 6.07) is 14.3. The van der Waals surface area contributed by atoms with Crippen LogP contribution in [0.3, 0.4) is 0 Å². The lowest BCUT2D eigenvalue weighted by atomic mass is 9.96. The van der Waals surface area contributed by atoms with Crippen LogP contribution in [0, 0.1) is 5.92 Å². The highest BCUT2D eigenvalue weighted by Gasteiger charge is 2.42. The second-order valence-corrected chi connectivity index (χ2v) is 10.3. The molecule has 0 radical (unpaired) electrons. The molecule has 2 fully saturated rings. The number of morpholine rings is 2. The number of carbonyl (C=O) groups excluding carboxylic acids is 2. The fourth-order valence-corrected chi connectivity index (χ4v) is 4.55. The highest BCUT2D eigenvalue weighted by Crippen LogP contribution is 2.28. The number of nitrogens with zero attached hydrogens (tertiary/aromatic N) is 2. The molecular formula is C28H35ClN2O6. The van der Waals surface area contributed by atoms with Crippen molar-refractivity contribution in [1.82, 2.24) is 9.80 Å². The summed E-state index contributed by atoms with van der Waals surface area (Å²) < 4.78 is 23.4. The Balaban J connectivity index is 1.48. The molecular weight excluding hydrogens is 496 g/mol. The second kappa shape index (κ2) is 12.6. The molecule has 4 rings (SSSR count). The minimum Gasteiger partial charge on any atom is -0.493 e. The molecule has 0 unspecified atom stereocenters. The molecule has 1 atom stereocenters. The molecule has 0 bridgehead atoms. The van der Waals surface area contributed by atoms with Crippen LogP contribution in [0.1, 0.15) is 30.6 Å². The van der Waals surface area contributed by atoms with Crippen molar-refractivity contribution in [2.75, 3.05) is 59.2 Å². The maximum atomic E-state index is 13.4. The maximum absolute atomic E-state index is 13.4. The first kappa shape index (κ1) is 27.2. The predicted octanol–water partition coefficient (Wildman–Crippen LogP) is 3.91. The summed E-state index contributed by atoms with van der Waals surface area (Å²) in [5.74, 6) is 1.56. The first-order chi connectivity index (χ1) is 17.8. The van der Waals surface area contributed by atoms with Gasteiger partial charge in [-0.05, 0) is 48.4 Å². The van der Waals surface area contributed by atoms with Gasteiger partial charge >= 0.3 is 0 Å². The van der Waals surface area contributed by atoms with E-state index in [-0.39, 0.29) is 31.4 Å². The van der Waals surface area contributed by atoms with Crippen molar-refractivity contribution in [3.05, 3.63) is 59.1 Å². The zero-order valence-corrected chi connectivity index (χ0v) is 22.2. The number of hydrogen-bond acceptors (Lipinski definition) is 6. The number of benzene rings is 2. The molecule has 2 amide bonds. The molecule has 0 spiro atoms. The summed E-state index contributed by atoms with van der Waals surface area (Å²) in [6.45, 7) is 7.96. The first-order valence-electron chi connectivity index (χ1n) is 12.7. The zero-order valence-electron chi connectivity index (χ0n) is 21.5. The Hall–Kier alpha value is -2.81. The van der Waals surface area contributed by atoms with Crippen LogP contribution in [0.5, 0.6) is 11.5 Å². The third-order valence-electron chi connectivity index (χ3n) is 6.36. The quantitative estimate of drug-likeness (QED) is 0.489. The number of amides is 2. The summed E-state index contributed by atoms with van der Waals surface area (Å²) in [5, 5.41) is 0.554. The highest BCUT2D eigenvalue weighted by atomic mass is 35.5. The SMILES string of the molecule is CC(C)COc1ccc(C(=O)N2CCO[C@@](COc3cccc(Cl)c3)(CC(=O)N3CCOCC3)C2)cc1. The zero-order chi connectivity index (χ0) is 26.3. The van der Waals surface area contributed by atoms with E-state index in [2.05, 4.69) is 13.8 Å². The van der Waals surface area contributed by atoms with Crippen molar-refractivity contribution >= 4 is 23.4 Å². The van der Waals surface area contributed by atoms with Gasteiger partial charge in [-0.25, -0.2) is 0 Å². The summed E-state index contributed by atoms with van der Waals surface area (Å²) >= 11 is 6.12. The van der Waals surface area contributed by atoms with E-state index in [0.717, 1.165) is 5.75 Å². The van der Waals surface area contributed by atoms with Crippen LogP contribution in [0.4, 0.5) is 0 Å². The largest absolute Gasteiger partial charge is 0.493 e. The molecule has 8 nitrogen and oxygen atoms in total. The molecule has 200 valence electrons. The average Bonchev–Trinajstić information content (AvgIpc) is 2.91. The Bertz CT molecular complexity index is 1060. The number of carbonyl (C=O) groups is 2. The molecule has 2 aromatic rings. The van der Waals surface area contributed by atoms with Gasteiger partial charge in [-0.1, -0.05) is 31.5 Å². The number of halogens is 1. The normalized spacial score (nSPS) is 20.1. The van der Waals surface area contributed by atoms with E-state index in [0.29, 0.717) is 68.3 Å². The van der Waals surface area contributed by atoms with Crippen molar-refractivity contribution in [3.8, 4) is 11.5 Å². The lowest BCUT2D eigenvalue weighted by molar-refractivity contribution is -0.155. The van der Waals surface area contributed by atoms with Crippen molar-refractivity contribution in [2.45, 2.75) is 25.9 Å². The fraction of sp³-hybridized carbons (Fsp3) is 0.500. The van der Waals surface area contributed by atoms with E-state index in [1.807, 2.05) is 12.1 Å². The third-order valence-corrected chi connectivity index (χ3v) is 6.59. The van der Waals surface area contributed by atoms with Crippen LogP contribution in [-0.4, -0.2) is 86.4 Å². The van der Waals surface area contributed by atoms with E-state index < -0.39 is 5.60 Å². The van der Waals surface area contributed by atoms with Crippen molar-refractivity contribution in [3.63, 3.8) is 0 Å². The van der Waals surface area contributed by atoms with Crippen LogP contribution in [0.25, 0.3) is 0 Å². The molecule has 0 aromatic heterocycles. The standard InChI is InChI=1S/C28H35ClN2O6/c1-21(2)18-35-24-8-6-22(7-9-24)27(33)31-12-15-37-28(19-31,17-26(32)30-10-13-34-14-11-30)20-36-25-5-3-4-23(29)16-25/h3-9,16,21H,10-15,17-20H2,1-2H3/t28-/m0/s1. The van der Waals surface area contributed by atoms with Gasteiger partial charge in [-0.2, -0.15) is 0 Å². The predicted molar refractivity (Wildman–Crippen MR) is 140 cm³/mol. The van der Waals surface area contributed by atoms with Crippen LogP contribution in [0.15, 0.2) is 48.5 Å². The summed E-state index contributed by atoms with van der Waals surface area (Å²) in [5.41, 5.74) is -0.436. The lowest BCUT2D eigenvalue weighted by Gasteiger charge is -2.43. The van der Waals surface area contributed by atoms with Crippen LogP contribution in [0.2, 0.25) is 5.02 Å². The number of hydrogen-bond donors (Lipinski definition) is 0. The van der Waals surface area contributed by atoms with Gasteiger partial charge in [0.25, 0.3) is 5.91 Å². The Morgan fingerprint density at radius 3 is 2.41 bits per heavy atom.